The van der Waals surface area contributed by atoms with Crippen LogP contribution in [0.1, 0.15) is 23.0 Å². The van der Waals surface area contributed by atoms with Crippen molar-refractivity contribution in [2.45, 2.75) is 13.8 Å². The first-order valence-electron chi connectivity index (χ1n) is 8.24. The molecule has 2 N–H and O–H groups in total. The lowest BCUT2D eigenvalue weighted by molar-refractivity contribution is 0.0526. The summed E-state index contributed by atoms with van der Waals surface area (Å²) in [5, 5.41) is 7.27. The number of nitrogens with one attached hydrogen (secondary N) is 2. The number of hydrogen-bond acceptors (Lipinski definition) is 8. The molecule has 0 bridgehead atoms. The molecule has 2 heterocycles. The van der Waals surface area contributed by atoms with Crippen molar-refractivity contribution >= 4 is 45.7 Å². The molecule has 0 aliphatic heterocycles. The Balaban J connectivity index is 1.83. The summed E-state index contributed by atoms with van der Waals surface area (Å²) < 4.78 is 4.98. The summed E-state index contributed by atoms with van der Waals surface area (Å²) in [5.74, 6) is -0.0282. The van der Waals surface area contributed by atoms with Crippen molar-refractivity contribution in [3.8, 4) is 10.6 Å². The molecular weight excluding hydrogens is 386 g/mol. The molecule has 0 unspecified atom stereocenters. The van der Waals surface area contributed by atoms with E-state index in [0.717, 1.165) is 21.4 Å². The lowest BCUT2D eigenvalue weighted by Gasteiger charge is -2.09. The first-order chi connectivity index (χ1) is 13.0. The Kier molecular flexibility index (Phi) is 5.88. The first kappa shape index (κ1) is 19.1. The van der Waals surface area contributed by atoms with E-state index in [-0.39, 0.29) is 0 Å². The molecule has 3 aromatic rings. The van der Waals surface area contributed by atoms with Crippen LogP contribution in [-0.4, -0.2) is 34.6 Å². The number of esters is 1. The van der Waals surface area contributed by atoms with Gasteiger partial charge in [0.25, 0.3) is 0 Å². The molecule has 0 atom stereocenters. The van der Waals surface area contributed by atoms with E-state index >= 15 is 0 Å². The number of aryl methyl sites for hydroxylation is 1. The van der Waals surface area contributed by atoms with Gasteiger partial charge in [0.2, 0.25) is 5.95 Å². The van der Waals surface area contributed by atoms with E-state index in [1.165, 1.54) is 11.3 Å². The maximum atomic E-state index is 11.8. The van der Waals surface area contributed by atoms with Crippen LogP contribution in [-0.2, 0) is 4.74 Å². The summed E-state index contributed by atoms with van der Waals surface area (Å²) in [7, 11) is 1.83. The molecular formula is C18H18ClN5O2S. The third-order valence-electron chi connectivity index (χ3n) is 3.62. The summed E-state index contributed by atoms with van der Waals surface area (Å²) in [5.41, 5.74) is 2.66. The number of anilines is 3. The molecule has 1 aromatic carbocycles. The maximum Gasteiger partial charge on any atom is 0.339 e. The van der Waals surface area contributed by atoms with Gasteiger partial charge in [0.1, 0.15) is 0 Å². The standard InChI is InChI=1S/C18H18ClN5O2S/c1-4-26-16(25)12-6-5-11(9-13(12)19)23-17-21-8-7-14(24-17)15-10(2)22-18(20-3)27-15/h5-9H,4H2,1-3H3,(H,20,22)(H,21,23,24). The largest absolute Gasteiger partial charge is 0.462 e. The topological polar surface area (TPSA) is 89.0 Å². The van der Waals surface area contributed by atoms with Crippen LogP contribution in [0, 0.1) is 6.92 Å². The quantitative estimate of drug-likeness (QED) is 0.584. The van der Waals surface area contributed by atoms with Crippen LogP contribution in [0.25, 0.3) is 10.6 Å². The lowest BCUT2D eigenvalue weighted by atomic mass is 10.2. The fourth-order valence-corrected chi connectivity index (χ4v) is 3.53. The first-order valence-corrected chi connectivity index (χ1v) is 9.43. The van der Waals surface area contributed by atoms with Crippen LogP contribution in [0.3, 0.4) is 0 Å². The molecule has 0 aliphatic rings. The summed E-state index contributed by atoms with van der Waals surface area (Å²) >= 11 is 7.72. The van der Waals surface area contributed by atoms with Crippen LogP contribution < -0.4 is 10.6 Å². The normalized spacial score (nSPS) is 10.5. The Morgan fingerprint density at radius 3 is 2.78 bits per heavy atom. The van der Waals surface area contributed by atoms with Crippen LogP contribution in [0.2, 0.25) is 5.02 Å². The number of ether oxygens (including phenoxy) is 1. The second-order valence-electron chi connectivity index (χ2n) is 5.49. The molecule has 7 nitrogen and oxygen atoms in total. The Morgan fingerprint density at radius 2 is 2.11 bits per heavy atom. The molecule has 2 aromatic heterocycles. The van der Waals surface area contributed by atoms with Gasteiger partial charge in [0, 0.05) is 18.9 Å². The molecule has 0 saturated heterocycles. The van der Waals surface area contributed by atoms with Gasteiger partial charge in [0.05, 0.1) is 33.5 Å². The molecule has 0 saturated carbocycles. The van der Waals surface area contributed by atoms with Crippen molar-refractivity contribution in [3.63, 3.8) is 0 Å². The van der Waals surface area contributed by atoms with Crippen molar-refractivity contribution < 1.29 is 9.53 Å². The molecule has 3 rings (SSSR count). The van der Waals surface area contributed by atoms with Crippen molar-refractivity contribution in [3.05, 3.63) is 46.7 Å². The second-order valence-corrected chi connectivity index (χ2v) is 6.90. The monoisotopic (exact) mass is 403 g/mol. The lowest BCUT2D eigenvalue weighted by Crippen LogP contribution is -2.06. The number of benzene rings is 1. The fourth-order valence-electron chi connectivity index (χ4n) is 2.38. The number of nitrogens with zero attached hydrogens (tertiary/aromatic N) is 3. The fraction of sp³-hybridized carbons (Fsp3) is 0.222. The SMILES string of the molecule is CCOC(=O)c1ccc(Nc2nccc(-c3sc(NC)nc3C)n2)cc1Cl. The predicted octanol–water partition coefficient (Wildman–Crippen LogP) is 4.52. The third-order valence-corrected chi connectivity index (χ3v) is 5.13. The zero-order valence-corrected chi connectivity index (χ0v) is 16.6. The Bertz CT molecular complexity index is 976. The van der Waals surface area contributed by atoms with Gasteiger partial charge >= 0.3 is 5.97 Å². The highest BCUT2D eigenvalue weighted by molar-refractivity contribution is 7.19. The summed E-state index contributed by atoms with van der Waals surface area (Å²) in [6.45, 7) is 3.98. The summed E-state index contributed by atoms with van der Waals surface area (Å²) in [6.07, 6.45) is 1.68. The molecule has 0 aliphatic carbocycles. The smallest absolute Gasteiger partial charge is 0.339 e. The number of aromatic nitrogens is 3. The highest BCUT2D eigenvalue weighted by Gasteiger charge is 2.14. The minimum Gasteiger partial charge on any atom is -0.462 e. The van der Waals surface area contributed by atoms with Crippen molar-refractivity contribution in [2.75, 3.05) is 24.3 Å². The molecule has 0 fully saturated rings. The number of halogens is 1. The number of rotatable bonds is 6. The van der Waals surface area contributed by atoms with E-state index in [2.05, 4.69) is 25.6 Å². The van der Waals surface area contributed by atoms with Gasteiger partial charge in [-0.15, -0.1) is 0 Å². The van der Waals surface area contributed by atoms with Gasteiger partial charge in [-0.1, -0.05) is 22.9 Å². The number of carbonyl (C=O) groups is 1. The number of carbonyl (C=O) groups excluding carboxylic acids is 1. The van der Waals surface area contributed by atoms with E-state index in [4.69, 9.17) is 16.3 Å². The zero-order valence-electron chi connectivity index (χ0n) is 15.0. The van der Waals surface area contributed by atoms with Gasteiger partial charge in [-0.2, -0.15) is 0 Å². The average Bonchev–Trinajstić information content (AvgIpc) is 3.03. The van der Waals surface area contributed by atoms with E-state index in [0.29, 0.717) is 28.8 Å². The summed E-state index contributed by atoms with van der Waals surface area (Å²) in [6, 6.07) is 6.81. The van der Waals surface area contributed by atoms with E-state index < -0.39 is 5.97 Å². The van der Waals surface area contributed by atoms with Gasteiger partial charge in [0.15, 0.2) is 5.13 Å². The number of thiazole rings is 1. The third kappa shape index (κ3) is 4.35. The zero-order chi connectivity index (χ0) is 19.4. The van der Waals surface area contributed by atoms with Gasteiger partial charge in [-0.3, -0.25) is 0 Å². The van der Waals surface area contributed by atoms with Crippen LogP contribution in [0.5, 0.6) is 0 Å². The predicted molar refractivity (Wildman–Crippen MR) is 108 cm³/mol. The van der Waals surface area contributed by atoms with Gasteiger partial charge in [-0.05, 0) is 38.1 Å². The van der Waals surface area contributed by atoms with Crippen LogP contribution in [0.4, 0.5) is 16.8 Å². The van der Waals surface area contributed by atoms with Crippen LogP contribution >= 0.6 is 22.9 Å². The second kappa shape index (κ2) is 8.32. The molecule has 0 radical (unpaired) electrons. The minimum atomic E-state index is -0.451. The summed E-state index contributed by atoms with van der Waals surface area (Å²) in [4.78, 5) is 26.0. The van der Waals surface area contributed by atoms with E-state index in [1.807, 2.05) is 20.0 Å². The molecule has 0 amide bonds. The molecule has 9 heteroatoms. The van der Waals surface area contributed by atoms with Gasteiger partial charge < -0.3 is 15.4 Å². The molecule has 0 spiro atoms. The van der Waals surface area contributed by atoms with Crippen molar-refractivity contribution in [1.82, 2.24) is 15.0 Å². The average molecular weight is 404 g/mol. The Hall–Kier alpha value is -2.71. The highest BCUT2D eigenvalue weighted by Crippen LogP contribution is 2.32. The van der Waals surface area contributed by atoms with E-state index in [9.17, 15) is 4.79 Å². The highest BCUT2D eigenvalue weighted by atomic mass is 35.5. The Morgan fingerprint density at radius 1 is 1.30 bits per heavy atom. The minimum absolute atomic E-state index is 0.294. The Labute approximate surface area is 165 Å². The van der Waals surface area contributed by atoms with Crippen molar-refractivity contribution in [1.29, 1.82) is 0 Å². The maximum absolute atomic E-state index is 11.8. The van der Waals surface area contributed by atoms with Crippen LogP contribution in [0.15, 0.2) is 30.5 Å². The van der Waals surface area contributed by atoms with Crippen molar-refractivity contribution in [2.24, 2.45) is 0 Å². The molecule has 27 heavy (non-hydrogen) atoms. The molecule has 140 valence electrons. The van der Waals surface area contributed by atoms with E-state index in [1.54, 1.807) is 31.3 Å². The number of hydrogen-bond donors (Lipinski definition) is 2. The van der Waals surface area contributed by atoms with Gasteiger partial charge in [-0.25, -0.2) is 19.7 Å².